The van der Waals surface area contributed by atoms with Crippen LogP contribution in [0.1, 0.15) is 43.4 Å². The van der Waals surface area contributed by atoms with Crippen molar-refractivity contribution in [3.05, 3.63) is 95.3 Å². The average Bonchev–Trinajstić information content (AvgIpc) is 2.94. The van der Waals surface area contributed by atoms with E-state index >= 15 is 0 Å². The summed E-state index contributed by atoms with van der Waals surface area (Å²) in [5.41, 5.74) is -0.686. The summed E-state index contributed by atoms with van der Waals surface area (Å²) < 4.78 is 83.4. The van der Waals surface area contributed by atoms with Crippen molar-refractivity contribution in [3.63, 3.8) is 0 Å². The summed E-state index contributed by atoms with van der Waals surface area (Å²) in [6.45, 7) is 4.09. The van der Waals surface area contributed by atoms with Crippen LogP contribution in [0.2, 0.25) is 0 Å². The van der Waals surface area contributed by atoms with E-state index in [1.807, 2.05) is 6.92 Å². The van der Waals surface area contributed by atoms with Gasteiger partial charge in [-0.3, -0.25) is 13.9 Å². The van der Waals surface area contributed by atoms with Crippen molar-refractivity contribution >= 4 is 27.5 Å². The van der Waals surface area contributed by atoms with Gasteiger partial charge in [-0.05, 0) is 56.7 Å². The zero-order chi connectivity index (χ0) is 31.1. The van der Waals surface area contributed by atoms with Gasteiger partial charge >= 0.3 is 6.18 Å². The number of aryl methyl sites for hydroxylation is 1. The van der Waals surface area contributed by atoms with E-state index in [-0.39, 0.29) is 17.0 Å². The predicted molar refractivity (Wildman–Crippen MR) is 151 cm³/mol. The first-order valence-electron chi connectivity index (χ1n) is 13.3. The van der Waals surface area contributed by atoms with E-state index in [1.165, 1.54) is 49.4 Å². The molecular weight excluding hydrogens is 574 g/mol. The highest BCUT2D eigenvalue weighted by atomic mass is 32.2. The molecule has 0 spiro atoms. The molecule has 0 saturated heterocycles. The van der Waals surface area contributed by atoms with E-state index in [0.29, 0.717) is 23.3 Å². The summed E-state index contributed by atoms with van der Waals surface area (Å²) in [6, 6.07) is 13.7. The summed E-state index contributed by atoms with van der Waals surface area (Å²) in [4.78, 5) is 27.5. The fourth-order valence-corrected chi connectivity index (χ4v) is 5.54. The molecule has 42 heavy (non-hydrogen) atoms. The van der Waals surface area contributed by atoms with Gasteiger partial charge in [-0.1, -0.05) is 55.3 Å². The fourth-order valence-electron chi connectivity index (χ4n) is 4.13. The number of hydrogen-bond acceptors (Lipinski definition) is 4. The monoisotopic (exact) mass is 607 g/mol. The summed E-state index contributed by atoms with van der Waals surface area (Å²) in [7, 11) is -4.56. The summed E-state index contributed by atoms with van der Waals surface area (Å²) >= 11 is 0. The number of nitrogens with zero attached hydrogens (tertiary/aromatic N) is 2. The third-order valence-corrected chi connectivity index (χ3v) is 8.43. The summed E-state index contributed by atoms with van der Waals surface area (Å²) in [5.74, 6) is -2.10. The van der Waals surface area contributed by atoms with Gasteiger partial charge in [0.25, 0.3) is 10.0 Å². The van der Waals surface area contributed by atoms with Crippen LogP contribution in [-0.2, 0) is 32.3 Å². The van der Waals surface area contributed by atoms with E-state index in [0.717, 1.165) is 35.1 Å². The van der Waals surface area contributed by atoms with Gasteiger partial charge in [-0.25, -0.2) is 12.8 Å². The minimum Gasteiger partial charge on any atom is -0.354 e. The third-order valence-electron chi connectivity index (χ3n) is 6.64. The van der Waals surface area contributed by atoms with Crippen LogP contribution < -0.4 is 9.62 Å². The highest BCUT2D eigenvalue weighted by Crippen LogP contribution is 2.33. The Balaban J connectivity index is 2.07. The molecule has 0 saturated carbocycles. The Morgan fingerprint density at radius 1 is 0.976 bits per heavy atom. The quantitative estimate of drug-likeness (QED) is 0.212. The molecule has 1 N–H and O–H groups in total. The molecule has 0 fully saturated rings. The Morgan fingerprint density at radius 2 is 1.64 bits per heavy atom. The molecule has 0 bridgehead atoms. The molecule has 1 atom stereocenters. The second kappa shape index (κ2) is 13.8. The molecule has 0 aliphatic rings. The maximum absolute atomic E-state index is 14.6. The van der Waals surface area contributed by atoms with Crippen molar-refractivity contribution in [2.24, 2.45) is 0 Å². The molecule has 3 aromatic carbocycles. The van der Waals surface area contributed by atoms with Crippen LogP contribution in [0.25, 0.3) is 0 Å². The fraction of sp³-hybridized carbons (Fsp3) is 0.333. The van der Waals surface area contributed by atoms with Crippen LogP contribution >= 0.6 is 0 Å². The smallest absolute Gasteiger partial charge is 0.354 e. The number of amides is 2. The van der Waals surface area contributed by atoms with Gasteiger partial charge < -0.3 is 10.2 Å². The first kappa shape index (κ1) is 32.6. The maximum atomic E-state index is 14.6. The molecule has 2 amide bonds. The lowest BCUT2D eigenvalue weighted by atomic mass is 10.1. The summed E-state index contributed by atoms with van der Waals surface area (Å²) in [5, 5.41) is 2.71. The highest BCUT2D eigenvalue weighted by molar-refractivity contribution is 7.92. The lowest BCUT2D eigenvalue weighted by Crippen LogP contribution is -2.51. The minimum atomic E-state index is -4.78. The second-order valence-corrected chi connectivity index (χ2v) is 11.7. The summed E-state index contributed by atoms with van der Waals surface area (Å²) in [6.07, 6.45) is -3.30. The molecule has 3 rings (SSSR count). The number of hydrogen-bond donors (Lipinski definition) is 1. The van der Waals surface area contributed by atoms with Gasteiger partial charge in [0, 0.05) is 18.7 Å². The molecule has 0 radical (unpaired) electrons. The molecule has 0 aliphatic heterocycles. The van der Waals surface area contributed by atoms with E-state index in [2.05, 4.69) is 5.32 Å². The van der Waals surface area contributed by atoms with Crippen molar-refractivity contribution in [1.82, 2.24) is 10.2 Å². The topological polar surface area (TPSA) is 86.8 Å². The van der Waals surface area contributed by atoms with E-state index < -0.39 is 57.7 Å². The maximum Gasteiger partial charge on any atom is 0.416 e. The lowest BCUT2D eigenvalue weighted by molar-refractivity contribution is -0.139. The normalized spacial score (nSPS) is 12.5. The number of unbranched alkanes of at least 4 members (excludes halogenated alkanes) is 1. The number of benzene rings is 3. The average molecular weight is 608 g/mol. The van der Waals surface area contributed by atoms with E-state index in [9.17, 15) is 35.6 Å². The van der Waals surface area contributed by atoms with Crippen molar-refractivity contribution in [3.8, 4) is 0 Å². The second-order valence-electron chi connectivity index (χ2n) is 9.81. The molecule has 0 heterocycles. The van der Waals surface area contributed by atoms with Gasteiger partial charge in [0.1, 0.15) is 18.4 Å². The number of carbonyl (C=O) groups excluding carboxylic acids is 2. The highest BCUT2D eigenvalue weighted by Gasteiger charge is 2.35. The Bertz CT molecular complexity index is 1490. The molecule has 0 unspecified atom stereocenters. The van der Waals surface area contributed by atoms with E-state index in [4.69, 9.17) is 0 Å². The van der Waals surface area contributed by atoms with Crippen LogP contribution in [0, 0.1) is 12.7 Å². The molecule has 7 nitrogen and oxygen atoms in total. The largest absolute Gasteiger partial charge is 0.416 e. The molecule has 0 aliphatic carbocycles. The van der Waals surface area contributed by atoms with Crippen molar-refractivity contribution in [1.29, 1.82) is 0 Å². The number of alkyl halides is 3. The van der Waals surface area contributed by atoms with Crippen LogP contribution in [-0.4, -0.2) is 44.3 Å². The Labute approximate surface area is 243 Å². The van der Waals surface area contributed by atoms with Crippen LogP contribution in [0.4, 0.5) is 23.2 Å². The number of sulfonamides is 1. The van der Waals surface area contributed by atoms with Crippen LogP contribution in [0.3, 0.4) is 0 Å². The minimum absolute atomic E-state index is 0.0751. The van der Waals surface area contributed by atoms with Gasteiger partial charge in [-0.2, -0.15) is 13.2 Å². The SMILES string of the molecule is CCCCNC(=O)[C@H](C)N(Cc1ccccc1F)C(=O)CN(c1cccc(C(F)(F)F)c1)S(=O)(=O)c1ccc(C)cc1. The lowest BCUT2D eigenvalue weighted by Gasteiger charge is -2.32. The third kappa shape index (κ3) is 8.09. The zero-order valence-electron chi connectivity index (χ0n) is 23.5. The number of carbonyl (C=O) groups is 2. The van der Waals surface area contributed by atoms with Crippen molar-refractivity contribution < 1.29 is 35.6 Å². The molecular formula is C30H33F4N3O4S. The van der Waals surface area contributed by atoms with Crippen molar-refractivity contribution in [2.45, 2.75) is 57.3 Å². The standard InChI is InChI=1S/C30H33F4N3O4S/c1-4-5-17-35-29(39)22(3)36(19-23-9-6-7-12-27(23)31)28(38)20-37(25-11-8-10-24(18-25)30(32,33)34)42(40,41)26-15-13-21(2)14-16-26/h6-16,18,22H,4-5,17,19-20H2,1-3H3,(H,35,39)/t22-/m0/s1. The first-order chi connectivity index (χ1) is 19.8. The van der Waals surface area contributed by atoms with Crippen LogP contribution in [0.15, 0.2) is 77.7 Å². The van der Waals surface area contributed by atoms with Crippen LogP contribution in [0.5, 0.6) is 0 Å². The first-order valence-corrected chi connectivity index (χ1v) is 14.8. The Morgan fingerprint density at radius 3 is 2.26 bits per heavy atom. The van der Waals surface area contributed by atoms with E-state index in [1.54, 1.807) is 13.0 Å². The Hall–Kier alpha value is -3.93. The van der Waals surface area contributed by atoms with Gasteiger partial charge in [-0.15, -0.1) is 0 Å². The van der Waals surface area contributed by atoms with Gasteiger partial charge in [0.15, 0.2) is 0 Å². The zero-order valence-corrected chi connectivity index (χ0v) is 24.3. The molecule has 226 valence electrons. The number of halogens is 4. The number of rotatable bonds is 12. The molecule has 0 aromatic heterocycles. The Kier molecular flexibility index (Phi) is 10.7. The molecule has 12 heteroatoms. The molecule has 3 aromatic rings. The van der Waals surface area contributed by atoms with Gasteiger partial charge in [0.2, 0.25) is 11.8 Å². The van der Waals surface area contributed by atoms with Crippen molar-refractivity contribution in [2.75, 3.05) is 17.4 Å². The van der Waals surface area contributed by atoms with Gasteiger partial charge in [0.05, 0.1) is 16.1 Å². The number of anilines is 1. The number of nitrogens with one attached hydrogen (secondary N) is 1. The predicted octanol–water partition coefficient (Wildman–Crippen LogP) is 5.68.